The van der Waals surface area contributed by atoms with Gasteiger partial charge in [0.15, 0.2) is 0 Å². The Morgan fingerprint density at radius 1 is 1.47 bits per heavy atom. The number of carbonyl (C=O) groups excluding carboxylic acids is 2. The van der Waals surface area contributed by atoms with E-state index in [1.54, 1.807) is 23.4 Å². The van der Waals surface area contributed by atoms with Crippen molar-refractivity contribution in [3.8, 4) is 0 Å². The fourth-order valence-corrected chi connectivity index (χ4v) is 1.77. The fraction of sp³-hybridized carbons (Fsp3) is 0.500. The van der Waals surface area contributed by atoms with E-state index < -0.39 is 11.9 Å². The summed E-state index contributed by atoms with van der Waals surface area (Å²) in [6.45, 7) is 3.84. The minimum Gasteiger partial charge on any atom is -0.467 e. The van der Waals surface area contributed by atoms with E-state index in [-0.39, 0.29) is 11.9 Å². The molecule has 1 aliphatic rings. The molecule has 1 heterocycles. The number of nitrogens with zero attached hydrogens (tertiary/aromatic N) is 1. The Bertz CT molecular complexity index is 372. The molecule has 0 bridgehead atoms. The molecule has 0 saturated carbocycles. The second-order valence-electron chi connectivity index (χ2n) is 4.27. The van der Waals surface area contributed by atoms with Crippen LogP contribution >= 0.6 is 0 Å². The third kappa shape index (κ3) is 3.09. The number of hydrogen-bond donors (Lipinski definition) is 1. The van der Waals surface area contributed by atoms with Crippen LogP contribution in [0.25, 0.3) is 0 Å². The van der Waals surface area contributed by atoms with Gasteiger partial charge < -0.3 is 15.4 Å². The smallest absolute Gasteiger partial charge is 0.329 e. The van der Waals surface area contributed by atoms with E-state index >= 15 is 0 Å². The van der Waals surface area contributed by atoms with Gasteiger partial charge >= 0.3 is 5.97 Å². The summed E-state index contributed by atoms with van der Waals surface area (Å²) in [5.74, 6) is -0.728. The van der Waals surface area contributed by atoms with Gasteiger partial charge in [-0.1, -0.05) is 19.9 Å². The molecule has 1 unspecified atom stereocenters. The second kappa shape index (κ2) is 5.52. The predicted octanol–water partition coefficient (Wildman–Crippen LogP) is 0.773. The molecule has 1 rings (SSSR count). The second-order valence-corrected chi connectivity index (χ2v) is 4.27. The van der Waals surface area contributed by atoms with Crippen molar-refractivity contribution in [2.24, 2.45) is 11.7 Å². The molecule has 1 aliphatic heterocycles. The summed E-state index contributed by atoms with van der Waals surface area (Å²) in [6, 6.07) is -0.439. The number of methoxy groups -OCH3 is 1. The molecule has 0 radical (unpaired) electrons. The first-order chi connectivity index (χ1) is 7.97. The van der Waals surface area contributed by atoms with Gasteiger partial charge in [0.25, 0.3) is 0 Å². The number of hydrogen-bond acceptors (Lipinski definition) is 4. The SMILES string of the molecule is COC(=O)C(C(C)C)N1C=CCC(C(N)=O)=C1. The molecule has 0 aromatic heterocycles. The third-order valence-corrected chi connectivity index (χ3v) is 2.63. The standard InChI is InChI=1S/C12H18N2O3/c1-8(2)10(12(16)17-3)14-6-4-5-9(7-14)11(13)15/h4,6-8,10H,5H2,1-3H3,(H2,13,15). The average molecular weight is 238 g/mol. The van der Waals surface area contributed by atoms with Crippen molar-refractivity contribution in [2.75, 3.05) is 7.11 Å². The monoisotopic (exact) mass is 238 g/mol. The van der Waals surface area contributed by atoms with Gasteiger partial charge in [-0.3, -0.25) is 4.79 Å². The summed E-state index contributed by atoms with van der Waals surface area (Å²) in [7, 11) is 1.35. The van der Waals surface area contributed by atoms with Gasteiger partial charge in [-0.25, -0.2) is 4.79 Å². The van der Waals surface area contributed by atoms with Gasteiger partial charge in [-0.2, -0.15) is 0 Å². The topological polar surface area (TPSA) is 72.6 Å². The van der Waals surface area contributed by atoms with E-state index in [4.69, 9.17) is 10.5 Å². The maximum atomic E-state index is 11.7. The zero-order valence-electron chi connectivity index (χ0n) is 10.3. The lowest BCUT2D eigenvalue weighted by molar-refractivity contribution is -0.146. The molecule has 1 atom stereocenters. The van der Waals surface area contributed by atoms with Gasteiger partial charge in [0.05, 0.1) is 7.11 Å². The molecule has 94 valence electrons. The summed E-state index contributed by atoms with van der Waals surface area (Å²) in [5, 5.41) is 0. The highest BCUT2D eigenvalue weighted by Crippen LogP contribution is 2.19. The lowest BCUT2D eigenvalue weighted by Crippen LogP contribution is -2.41. The number of nitrogens with two attached hydrogens (primary N) is 1. The Kier molecular flexibility index (Phi) is 4.31. The van der Waals surface area contributed by atoms with Crippen LogP contribution in [0.1, 0.15) is 20.3 Å². The molecule has 0 aliphatic carbocycles. The summed E-state index contributed by atoms with van der Waals surface area (Å²) in [4.78, 5) is 24.5. The Morgan fingerprint density at radius 3 is 2.59 bits per heavy atom. The Labute approximate surface area is 101 Å². The van der Waals surface area contributed by atoms with Gasteiger partial charge in [0.2, 0.25) is 5.91 Å². The Balaban J connectivity index is 2.95. The van der Waals surface area contributed by atoms with Crippen LogP contribution in [0.2, 0.25) is 0 Å². The molecule has 2 N–H and O–H groups in total. The zero-order chi connectivity index (χ0) is 13.0. The van der Waals surface area contributed by atoms with Crippen molar-refractivity contribution < 1.29 is 14.3 Å². The van der Waals surface area contributed by atoms with E-state index in [0.717, 1.165) is 0 Å². The van der Waals surface area contributed by atoms with E-state index in [1.807, 2.05) is 13.8 Å². The Morgan fingerprint density at radius 2 is 2.12 bits per heavy atom. The van der Waals surface area contributed by atoms with Crippen LogP contribution in [0.5, 0.6) is 0 Å². The summed E-state index contributed by atoms with van der Waals surface area (Å²) in [5.41, 5.74) is 5.72. The highest BCUT2D eigenvalue weighted by molar-refractivity contribution is 5.92. The van der Waals surface area contributed by atoms with Crippen LogP contribution < -0.4 is 5.73 Å². The van der Waals surface area contributed by atoms with Crippen LogP contribution in [0, 0.1) is 5.92 Å². The largest absolute Gasteiger partial charge is 0.467 e. The minimum absolute atomic E-state index is 0.0653. The van der Waals surface area contributed by atoms with Gasteiger partial charge in [0.1, 0.15) is 6.04 Å². The van der Waals surface area contributed by atoms with Crippen molar-refractivity contribution in [1.29, 1.82) is 0 Å². The number of ether oxygens (including phenoxy) is 1. The molecule has 0 saturated heterocycles. The molecular formula is C12H18N2O3. The van der Waals surface area contributed by atoms with E-state index in [0.29, 0.717) is 12.0 Å². The molecule has 0 spiro atoms. The predicted molar refractivity (Wildman–Crippen MR) is 63.5 cm³/mol. The summed E-state index contributed by atoms with van der Waals surface area (Å²) >= 11 is 0. The molecule has 0 fully saturated rings. The van der Waals surface area contributed by atoms with Crippen molar-refractivity contribution in [3.05, 3.63) is 24.0 Å². The summed E-state index contributed by atoms with van der Waals surface area (Å²) in [6.07, 6.45) is 5.69. The van der Waals surface area contributed by atoms with E-state index in [9.17, 15) is 9.59 Å². The van der Waals surface area contributed by atoms with Crippen LogP contribution in [-0.4, -0.2) is 29.9 Å². The number of allylic oxidation sites excluding steroid dienone is 1. The van der Waals surface area contributed by atoms with Crippen molar-refractivity contribution in [2.45, 2.75) is 26.3 Å². The van der Waals surface area contributed by atoms with E-state index in [2.05, 4.69) is 0 Å². The van der Waals surface area contributed by atoms with Gasteiger partial charge in [-0.15, -0.1) is 0 Å². The first-order valence-corrected chi connectivity index (χ1v) is 5.49. The molecule has 17 heavy (non-hydrogen) atoms. The number of rotatable bonds is 4. The normalized spacial score (nSPS) is 16.7. The quantitative estimate of drug-likeness (QED) is 0.734. The molecule has 0 aromatic carbocycles. The van der Waals surface area contributed by atoms with Crippen molar-refractivity contribution in [1.82, 2.24) is 4.90 Å². The molecule has 5 heteroatoms. The van der Waals surface area contributed by atoms with Crippen LogP contribution in [-0.2, 0) is 14.3 Å². The molecular weight excluding hydrogens is 220 g/mol. The van der Waals surface area contributed by atoms with E-state index in [1.165, 1.54) is 7.11 Å². The Hall–Kier alpha value is -1.78. The lowest BCUT2D eigenvalue weighted by Gasteiger charge is -2.30. The lowest BCUT2D eigenvalue weighted by atomic mass is 10.0. The summed E-state index contributed by atoms with van der Waals surface area (Å²) < 4.78 is 4.76. The maximum absolute atomic E-state index is 11.7. The highest BCUT2D eigenvalue weighted by atomic mass is 16.5. The van der Waals surface area contributed by atoms with Crippen LogP contribution in [0.3, 0.4) is 0 Å². The minimum atomic E-state index is -0.466. The number of carbonyl (C=O) groups is 2. The number of primary amides is 1. The average Bonchev–Trinajstić information content (AvgIpc) is 2.28. The van der Waals surface area contributed by atoms with Crippen molar-refractivity contribution in [3.63, 3.8) is 0 Å². The van der Waals surface area contributed by atoms with Gasteiger partial charge in [0, 0.05) is 18.0 Å². The van der Waals surface area contributed by atoms with Crippen molar-refractivity contribution >= 4 is 11.9 Å². The molecule has 1 amide bonds. The first-order valence-electron chi connectivity index (χ1n) is 5.49. The maximum Gasteiger partial charge on any atom is 0.329 e. The zero-order valence-corrected chi connectivity index (χ0v) is 10.3. The fourth-order valence-electron chi connectivity index (χ4n) is 1.77. The van der Waals surface area contributed by atoms with Crippen LogP contribution in [0.15, 0.2) is 24.0 Å². The van der Waals surface area contributed by atoms with Gasteiger partial charge in [-0.05, 0) is 12.3 Å². The number of amides is 1. The number of esters is 1. The highest BCUT2D eigenvalue weighted by Gasteiger charge is 2.28. The third-order valence-electron chi connectivity index (χ3n) is 2.63. The molecule has 0 aromatic rings. The first kappa shape index (κ1) is 13.3. The van der Waals surface area contributed by atoms with Crippen LogP contribution in [0.4, 0.5) is 0 Å². The molecule has 5 nitrogen and oxygen atoms in total.